The van der Waals surface area contributed by atoms with Crippen molar-refractivity contribution in [3.05, 3.63) is 59.9 Å². The quantitative estimate of drug-likeness (QED) is 0.542. The van der Waals surface area contributed by atoms with Gasteiger partial charge in [-0.1, -0.05) is 11.8 Å². The summed E-state index contributed by atoms with van der Waals surface area (Å²) in [5, 5.41) is 22.2. The number of anilines is 1. The van der Waals surface area contributed by atoms with E-state index in [1.807, 2.05) is 0 Å². The number of nitrogens with zero attached hydrogens (tertiary/aromatic N) is 2. The minimum Gasteiger partial charge on any atom is -0.508 e. The molecular weight excluding hydrogens is 383 g/mol. The van der Waals surface area contributed by atoms with E-state index in [1.54, 1.807) is 19.1 Å². The van der Waals surface area contributed by atoms with Crippen LogP contribution in [0.25, 0.3) is 0 Å². The number of phenols is 1. The number of hydrogen-bond donors (Lipinski definition) is 3. The van der Waals surface area contributed by atoms with Crippen molar-refractivity contribution < 1.29 is 19.1 Å². The number of amidine groups is 1. The van der Waals surface area contributed by atoms with Crippen LogP contribution in [0.1, 0.15) is 18.9 Å². The molecule has 0 bridgehead atoms. The highest BCUT2D eigenvalue weighted by Crippen LogP contribution is 2.23. The molecule has 1 aliphatic heterocycles. The maximum absolute atomic E-state index is 13.0. The van der Waals surface area contributed by atoms with E-state index in [4.69, 9.17) is 0 Å². The van der Waals surface area contributed by atoms with Crippen LogP contribution in [-0.4, -0.2) is 33.1 Å². The molecule has 0 spiro atoms. The van der Waals surface area contributed by atoms with Crippen LogP contribution in [-0.2, 0) is 9.59 Å². The summed E-state index contributed by atoms with van der Waals surface area (Å²) in [5.74, 6) is -0.971. The summed E-state index contributed by atoms with van der Waals surface area (Å²) in [6.45, 7) is 1.74. The lowest BCUT2D eigenvalue weighted by Gasteiger charge is -2.21. The fraction of sp³-hybridized carbons (Fsp3) is 0.158. The number of halogens is 1. The standard InChI is InChI=1S/C19H17FN4O3S/c1-11(12-2-8-15(25)9-3-12)23-24-19-22-17(26)10-16(28-19)18(27)21-14-6-4-13(20)5-7-14/h2-9,16,25H,10H2,1H3,(H,21,27)(H,22,24,26)/b23-11+. The number of amides is 2. The lowest BCUT2D eigenvalue weighted by Crippen LogP contribution is -2.41. The van der Waals surface area contributed by atoms with E-state index >= 15 is 0 Å². The SMILES string of the molecule is C/C(=N\N=C1/NC(=O)CC(C(=O)Nc2ccc(F)cc2)S1)c1ccc(O)cc1. The fourth-order valence-electron chi connectivity index (χ4n) is 2.38. The van der Waals surface area contributed by atoms with Crippen molar-refractivity contribution in [3.8, 4) is 5.75 Å². The topological polar surface area (TPSA) is 103 Å². The molecule has 2 aromatic carbocycles. The molecule has 0 aliphatic carbocycles. The van der Waals surface area contributed by atoms with E-state index in [-0.39, 0.29) is 29.2 Å². The lowest BCUT2D eigenvalue weighted by atomic mass is 10.1. The van der Waals surface area contributed by atoms with E-state index in [9.17, 15) is 19.1 Å². The second kappa shape index (κ2) is 8.66. The van der Waals surface area contributed by atoms with Crippen molar-refractivity contribution in [2.75, 3.05) is 5.32 Å². The molecule has 28 heavy (non-hydrogen) atoms. The summed E-state index contributed by atoms with van der Waals surface area (Å²) in [4.78, 5) is 24.3. The minimum atomic E-state index is -0.679. The molecule has 0 saturated carbocycles. The Kier molecular flexibility index (Phi) is 6.05. The van der Waals surface area contributed by atoms with Crippen LogP contribution in [0.4, 0.5) is 10.1 Å². The Bertz CT molecular complexity index is 943. The first kappa shape index (κ1) is 19.6. The third kappa shape index (κ3) is 5.17. The van der Waals surface area contributed by atoms with Gasteiger partial charge in [-0.2, -0.15) is 5.10 Å². The molecule has 9 heteroatoms. The molecule has 0 radical (unpaired) electrons. The Morgan fingerprint density at radius 2 is 1.89 bits per heavy atom. The van der Waals surface area contributed by atoms with Gasteiger partial charge >= 0.3 is 0 Å². The summed E-state index contributed by atoms with van der Waals surface area (Å²) in [6.07, 6.45) is -0.00261. The molecule has 1 atom stereocenters. The third-order valence-electron chi connectivity index (χ3n) is 3.85. The van der Waals surface area contributed by atoms with Gasteiger partial charge in [0.1, 0.15) is 16.8 Å². The van der Waals surface area contributed by atoms with Gasteiger partial charge < -0.3 is 15.7 Å². The first-order chi connectivity index (χ1) is 13.4. The number of aromatic hydroxyl groups is 1. The van der Waals surface area contributed by atoms with Crippen molar-refractivity contribution in [2.24, 2.45) is 10.2 Å². The molecule has 3 rings (SSSR count). The van der Waals surface area contributed by atoms with Crippen LogP contribution in [0, 0.1) is 5.82 Å². The number of carbonyl (C=O) groups is 2. The Labute approximate surface area is 164 Å². The summed E-state index contributed by atoms with van der Waals surface area (Å²) < 4.78 is 13.0. The van der Waals surface area contributed by atoms with Gasteiger partial charge in [-0.25, -0.2) is 4.39 Å². The number of carbonyl (C=O) groups excluding carboxylic acids is 2. The zero-order valence-electron chi connectivity index (χ0n) is 14.8. The molecule has 144 valence electrons. The van der Waals surface area contributed by atoms with Crippen LogP contribution in [0.2, 0.25) is 0 Å². The summed E-state index contributed by atoms with van der Waals surface area (Å²) >= 11 is 1.09. The average Bonchev–Trinajstić information content (AvgIpc) is 2.68. The van der Waals surface area contributed by atoms with Crippen molar-refractivity contribution in [3.63, 3.8) is 0 Å². The molecule has 2 amide bonds. The van der Waals surface area contributed by atoms with E-state index in [2.05, 4.69) is 20.8 Å². The van der Waals surface area contributed by atoms with E-state index in [0.717, 1.165) is 17.3 Å². The van der Waals surface area contributed by atoms with Crippen LogP contribution in [0.5, 0.6) is 5.75 Å². The lowest BCUT2D eigenvalue weighted by molar-refractivity contribution is -0.123. The van der Waals surface area contributed by atoms with Gasteiger partial charge in [-0.3, -0.25) is 9.59 Å². The van der Waals surface area contributed by atoms with Crippen LogP contribution in [0.3, 0.4) is 0 Å². The van der Waals surface area contributed by atoms with Crippen LogP contribution >= 0.6 is 11.8 Å². The molecule has 1 aliphatic rings. The fourth-order valence-corrected chi connectivity index (χ4v) is 3.31. The highest BCUT2D eigenvalue weighted by atomic mass is 32.2. The normalized spacial score (nSPS) is 18.6. The van der Waals surface area contributed by atoms with Crippen LogP contribution < -0.4 is 10.6 Å². The van der Waals surface area contributed by atoms with E-state index in [1.165, 1.54) is 36.4 Å². The third-order valence-corrected chi connectivity index (χ3v) is 4.92. The molecule has 1 unspecified atom stereocenters. The Morgan fingerprint density at radius 1 is 1.21 bits per heavy atom. The molecule has 3 N–H and O–H groups in total. The van der Waals surface area contributed by atoms with Crippen molar-refractivity contribution >= 4 is 40.1 Å². The number of nitrogens with one attached hydrogen (secondary N) is 2. The van der Waals surface area contributed by atoms with Crippen molar-refractivity contribution in [1.82, 2.24) is 5.32 Å². The number of thioether (sulfide) groups is 1. The largest absolute Gasteiger partial charge is 0.508 e. The Morgan fingerprint density at radius 3 is 2.57 bits per heavy atom. The van der Waals surface area contributed by atoms with E-state index in [0.29, 0.717) is 11.4 Å². The monoisotopic (exact) mass is 400 g/mol. The molecule has 0 aromatic heterocycles. The van der Waals surface area contributed by atoms with E-state index < -0.39 is 11.1 Å². The van der Waals surface area contributed by atoms with Gasteiger partial charge in [0.2, 0.25) is 11.8 Å². The summed E-state index contributed by atoms with van der Waals surface area (Å²) in [7, 11) is 0. The summed E-state index contributed by atoms with van der Waals surface area (Å²) in [5.41, 5.74) is 1.79. The maximum atomic E-state index is 13.0. The minimum absolute atomic E-state index is 0.00261. The number of hydrogen-bond acceptors (Lipinski definition) is 6. The van der Waals surface area contributed by atoms with Crippen molar-refractivity contribution in [1.29, 1.82) is 0 Å². The van der Waals surface area contributed by atoms with Gasteiger partial charge in [-0.05, 0) is 61.0 Å². The Hall–Kier alpha value is -3.20. The first-order valence-corrected chi connectivity index (χ1v) is 9.23. The number of phenolic OH excluding ortho intramolecular Hbond substituents is 1. The van der Waals surface area contributed by atoms with Gasteiger partial charge in [-0.15, -0.1) is 5.10 Å². The average molecular weight is 400 g/mol. The second-order valence-electron chi connectivity index (χ2n) is 5.99. The van der Waals surface area contributed by atoms with Gasteiger partial charge in [0.25, 0.3) is 0 Å². The molecule has 1 heterocycles. The molecule has 7 nitrogen and oxygen atoms in total. The van der Waals surface area contributed by atoms with Crippen molar-refractivity contribution in [2.45, 2.75) is 18.6 Å². The molecular formula is C19H17FN4O3S. The van der Waals surface area contributed by atoms with Gasteiger partial charge in [0, 0.05) is 12.1 Å². The predicted octanol–water partition coefficient (Wildman–Crippen LogP) is 2.87. The first-order valence-electron chi connectivity index (χ1n) is 8.35. The smallest absolute Gasteiger partial charge is 0.238 e. The second-order valence-corrected chi connectivity index (χ2v) is 7.18. The van der Waals surface area contributed by atoms with Gasteiger partial charge in [0.05, 0.1) is 5.71 Å². The van der Waals surface area contributed by atoms with Crippen LogP contribution in [0.15, 0.2) is 58.7 Å². The highest BCUT2D eigenvalue weighted by Gasteiger charge is 2.30. The zero-order chi connectivity index (χ0) is 20.1. The van der Waals surface area contributed by atoms with Gasteiger partial charge in [0.15, 0.2) is 5.17 Å². The number of rotatable bonds is 4. The molecule has 1 fully saturated rings. The summed E-state index contributed by atoms with van der Waals surface area (Å²) in [6, 6.07) is 11.8. The zero-order valence-corrected chi connectivity index (χ0v) is 15.7. The Balaban J connectivity index is 1.69. The number of benzene rings is 2. The predicted molar refractivity (Wildman–Crippen MR) is 107 cm³/mol. The molecule has 1 saturated heterocycles. The maximum Gasteiger partial charge on any atom is 0.238 e. The highest BCUT2D eigenvalue weighted by molar-refractivity contribution is 8.15. The molecule has 2 aromatic rings.